The van der Waals surface area contributed by atoms with E-state index in [0.29, 0.717) is 35.8 Å². The summed E-state index contributed by atoms with van der Waals surface area (Å²) in [6.07, 6.45) is -11.6. The smallest absolute Gasteiger partial charge is 0.411 e. The molecule has 0 unspecified atom stereocenters. The number of alkyl halides is 6. The van der Waals surface area contributed by atoms with Crippen LogP contribution in [0.15, 0.2) is 97.1 Å². The van der Waals surface area contributed by atoms with Crippen LogP contribution in [0.1, 0.15) is 11.1 Å². The molecule has 4 rings (SSSR count). The zero-order valence-corrected chi connectivity index (χ0v) is 24.0. The molecule has 0 N–H and O–H groups in total. The largest absolute Gasteiger partial charge is 0.490 e. The highest BCUT2D eigenvalue weighted by Gasteiger charge is 2.72. The van der Waals surface area contributed by atoms with Gasteiger partial charge in [-0.05, 0) is 59.7 Å². The van der Waals surface area contributed by atoms with Crippen molar-refractivity contribution in [1.82, 2.24) is 0 Å². The highest BCUT2D eigenvalue weighted by molar-refractivity contribution is 5.47. The second-order valence-corrected chi connectivity index (χ2v) is 9.69. The molecule has 4 aromatic carbocycles. The molecule has 0 saturated heterocycles. The van der Waals surface area contributed by atoms with Crippen LogP contribution in [-0.4, -0.2) is 48.6 Å². The highest BCUT2D eigenvalue weighted by atomic mass is 19.4. The summed E-state index contributed by atoms with van der Waals surface area (Å²) >= 11 is 0. The first-order chi connectivity index (χ1) is 22.2. The van der Waals surface area contributed by atoms with E-state index in [1.807, 2.05) is 0 Å². The van der Waals surface area contributed by atoms with Crippen molar-refractivity contribution in [2.75, 3.05) is 26.4 Å². The van der Waals surface area contributed by atoms with Crippen molar-refractivity contribution in [3.63, 3.8) is 0 Å². The van der Waals surface area contributed by atoms with Crippen LogP contribution in [-0.2, 0) is 5.41 Å². The van der Waals surface area contributed by atoms with Crippen LogP contribution in [0.3, 0.4) is 0 Å². The number of benzene rings is 4. The highest BCUT2D eigenvalue weighted by Crippen LogP contribution is 2.56. The summed E-state index contributed by atoms with van der Waals surface area (Å²) in [4.78, 5) is 20.3. The fourth-order valence-corrected chi connectivity index (χ4v) is 4.55. The molecule has 10 nitrogen and oxygen atoms in total. The molecule has 4 aromatic rings. The Hall–Kier alpha value is -5.54. The summed E-state index contributed by atoms with van der Waals surface area (Å²) in [6, 6.07) is 17.0. The van der Waals surface area contributed by atoms with E-state index in [0.717, 1.165) is 24.3 Å². The second kappa shape index (κ2) is 14.3. The number of nitro groups is 2. The van der Waals surface area contributed by atoms with Crippen molar-refractivity contribution in [3.8, 4) is 23.0 Å². The lowest BCUT2D eigenvalue weighted by Gasteiger charge is -2.38. The minimum absolute atomic E-state index is 0.0148. The average molecular weight is 667 g/mol. The third-order valence-electron chi connectivity index (χ3n) is 6.76. The molecule has 0 saturated carbocycles. The Bertz CT molecular complexity index is 1520. The predicted molar refractivity (Wildman–Crippen MR) is 154 cm³/mol. The summed E-state index contributed by atoms with van der Waals surface area (Å²) in [5.41, 5.74) is -6.84. The van der Waals surface area contributed by atoms with Crippen LogP contribution in [0.2, 0.25) is 0 Å². The lowest BCUT2D eigenvalue weighted by Crippen LogP contribution is -2.54. The minimum atomic E-state index is -5.80. The molecule has 0 aliphatic carbocycles. The van der Waals surface area contributed by atoms with E-state index in [1.165, 1.54) is 48.5 Å². The molecule has 0 radical (unpaired) electrons. The number of rotatable bonds is 14. The van der Waals surface area contributed by atoms with E-state index in [2.05, 4.69) is 0 Å². The maximum absolute atomic E-state index is 14.5. The molecule has 16 heteroatoms. The molecule has 0 bridgehead atoms. The molecule has 0 heterocycles. The van der Waals surface area contributed by atoms with Gasteiger partial charge in [-0.1, -0.05) is 24.3 Å². The zero-order chi connectivity index (χ0) is 34.2. The number of ether oxygens (including phenoxy) is 4. The Morgan fingerprint density at radius 1 is 0.447 bits per heavy atom. The van der Waals surface area contributed by atoms with Gasteiger partial charge in [0.25, 0.3) is 11.4 Å². The van der Waals surface area contributed by atoms with Crippen LogP contribution in [0, 0.1) is 20.2 Å². The van der Waals surface area contributed by atoms with Gasteiger partial charge in [0.2, 0.25) is 5.41 Å². The van der Waals surface area contributed by atoms with Crippen molar-refractivity contribution < 1.29 is 55.1 Å². The number of hydrogen-bond donors (Lipinski definition) is 0. The van der Waals surface area contributed by atoms with Gasteiger partial charge in [-0.2, -0.15) is 26.3 Å². The number of non-ortho nitro benzene ring substituents is 2. The molecule has 0 spiro atoms. The summed E-state index contributed by atoms with van der Waals surface area (Å²) in [5.74, 6) is 0.557. The first-order valence-corrected chi connectivity index (χ1v) is 13.6. The molecule has 0 atom stereocenters. The van der Waals surface area contributed by atoms with Crippen molar-refractivity contribution >= 4 is 11.4 Å². The van der Waals surface area contributed by atoms with Crippen LogP contribution in [0.25, 0.3) is 0 Å². The van der Waals surface area contributed by atoms with Gasteiger partial charge in [0, 0.05) is 24.3 Å². The Morgan fingerprint density at radius 2 is 0.681 bits per heavy atom. The standard InChI is InChI=1S/C31H24F6N2O8/c32-30(33,34)29(31(35,36)37,21-1-9-25(10-2-21)44-17-19-46-27-13-5-23(6-14-27)38(40)41)22-3-11-26(12-4-22)45-18-20-47-28-15-7-24(8-16-28)39(42)43/h1-16H,17-20H2. The van der Waals surface area contributed by atoms with Crippen LogP contribution >= 0.6 is 0 Å². The molecular formula is C31H24F6N2O8. The van der Waals surface area contributed by atoms with E-state index in [4.69, 9.17) is 18.9 Å². The van der Waals surface area contributed by atoms with Crippen molar-refractivity contribution in [2.24, 2.45) is 0 Å². The summed E-state index contributed by atoms with van der Waals surface area (Å²) in [5, 5.41) is 21.4. The average Bonchev–Trinajstić information content (AvgIpc) is 3.02. The number of nitro benzene ring substituents is 2. The van der Waals surface area contributed by atoms with Gasteiger partial charge in [0.05, 0.1) is 9.85 Å². The molecule has 0 aromatic heterocycles. The van der Waals surface area contributed by atoms with E-state index in [-0.39, 0.29) is 49.3 Å². The van der Waals surface area contributed by atoms with Crippen molar-refractivity contribution in [2.45, 2.75) is 17.8 Å². The van der Waals surface area contributed by atoms with Gasteiger partial charge in [-0.3, -0.25) is 20.2 Å². The van der Waals surface area contributed by atoms with Crippen LogP contribution < -0.4 is 18.9 Å². The Balaban J connectivity index is 1.42. The molecule has 47 heavy (non-hydrogen) atoms. The Labute approximate surface area is 262 Å². The van der Waals surface area contributed by atoms with Gasteiger partial charge in [-0.25, -0.2) is 0 Å². The second-order valence-electron chi connectivity index (χ2n) is 9.69. The third kappa shape index (κ3) is 8.01. The molecular weight excluding hydrogens is 642 g/mol. The minimum Gasteiger partial charge on any atom is -0.490 e. The molecule has 0 fully saturated rings. The first kappa shape index (κ1) is 34.3. The van der Waals surface area contributed by atoms with Gasteiger partial charge in [-0.15, -0.1) is 0 Å². The van der Waals surface area contributed by atoms with Crippen molar-refractivity contribution in [1.29, 1.82) is 0 Å². The fraction of sp³-hybridized carbons (Fsp3) is 0.226. The lowest BCUT2D eigenvalue weighted by molar-refractivity contribution is -0.385. The maximum atomic E-state index is 14.5. The maximum Gasteiger partial charge on any atom is 0.411 e. The fourth-order valence-electron chi connectivity index (χ4n) is 4.55. The zero-order valence-electron chi connectivity index (χ0n) is 24.0. The first-order valence-electron chi connectivity index (χ1n) is 13.6. The third-order valence-corrected chi connectivity index (χ3v) is 6.76. The quantitative estimate of drug-likeness (QED) is 0.0578. The van der Waals surface area contributed by atoms with Crippen LogP contribution in [0.5, 0.6) is 23.0 Å². The van der Waals surface area contributed by atoms with Gasteiger partial charge < -0.3 is 18.9 Å². The van der Waals surface area contributed by atoms with Crippen molar-refractivity contribution in [3.05, 3.63) is 128 Å². The normalized spacial score (nSPS) is 11.9. The lowest BCUT2D eigenvalue weighted by atomic mass is 9.73. The van der Waals surface area contributed by atoms with Gasteiger partial charge >= 0.3 is 12.4 Å². The summed E-state index contributed by atoms with van der Waals surface area (Å²) in [7, 11) is 0. The number of hydrogen-bond acceptors (Lipinski definition) is 8. The Kier molecular flexibility index (Phi) is 10.4. The van der Waals surface area contributed by atoms with Gasteiger partial charge in [0.15, 0.2) is 0 Å². The van der Waals surface area contributed by atoms with E-state index >= 15 is 0 Å². The van der Waals surface area contributed by atoms with E-state index in [9.17, 15) is 46.6 Å². The van der Waals surface area contributed by atoms with E-state index in [1.54, 1.807) is 0 Å². The molecule has 0 amide bonds. The SMILES string of the molecule is O=[N+]([O-])c1ccc(OCCOc2ccc(C(c3ccc(OCCOc4ccc([N+](=O)[O-])cc4)cc3)(C(F)(F)F)C(F)(F)F)cc2)cc1. The summed E-state index contributed by atoms with van der Waals surface area (Å²) < 4.78 is 109. The number of halogens is 6. The summed E-state index contributed by atoms with van der Waals surface area (Å²) in [6.45, 7) is -0.376. The predicted octanol–water partition coefficient (Wildman–Crippen LogP) is 7.83. The monoisotopic (exact) mass is 666 g/mol. The Morgan fingerprint density at radius 3 is 0.894 bits per heavy atom. The molecule has 0 aliphatic heterocycles. The van der Waals surface area contributed by atoms with Crippen LogP contribution in [0.4, 0.5) is 37.7 Å². The number of nitrogens with zero attached hydrogens (tertiary/aromatic N) is 2. The molecule has 0 aliphatic rings. The van der Waals surface area contributed by atoms with Gasteiger partial charge in [0.1, 0.15) is 49.4 Å². The van der Waals surface area contributed by atoms with E-state index < -0.39 is 38.7 Å². The molecule has 248 valence electrons. The topological polar surface area (TPSA) is 123 Å².